The molecule has 4 nitrogen and oxygen atoms in total. The average molecular weight is 360 g/mol. The summed E-state index contributed by atoms with van der Waals surface area (Å²) < 4.78 is 5.05. The molecule has 24 heavy (non-hydrogen) atoms. The van der Waals surface area contributed by atoms with Crippen LogP contribution in [0.4, 0.5) is 4.79 Å². The Labute approximate surface area is 152 Å². The van der Waals surface area contributed by atoms with Gasteiger partial charge < -0.3 is 10.1 Å². The van der Waals surface area contributed by atoms with Crippen LogP contribution in [0.25, 0.3) is 0 Å². The molecule has 142 valence electrons. The van der Waals surface area contributed by atoms with Crippen molar-refractivity contribution in [2.75, 3.05) is 18.9 Å². The second kappa shape index (κ2) is 17.1. The van der Waals surface area contributed by atoms with E-state index in [1.165, 1.54) is 63.1 Å². The second-order valence-electron chi connectivity index (χ2n) is 6.34. The second-order valence-corrected chi connectivity index (χ2v) is 7.41. The first-order valence-electron chi connectivity index (χ1n) is 9.70. The zero-order chi connectivity index (χ0) is 18.0. The molecular formula is C19H37NO3S. The van der Waals surface area contributed by atoms with E-state index in [0.717, 1.165) is 13.0 Å². The molecule has 0 aliphatic carbocycles. The zero-order valence-corrected chi connectivity index (χ0v) is 16.7. The molecule has 0 aliphatic rings. The molecule has 5 heteroatoms. The van der Waals surface area contributed by atoms with Gasteiger partial charge >= 0.3 is 5.97 Å². The normalized spacial score (nSPS) is 12.0. The molecule has 1 unspecified atom stereocenters. The van der Waals surface area contributed by atoms with Crippen molar-refractivity contribution in [2.24, 2.45) is 5.92 Å². The van der Waals surface area contributed by atoms with Crippen molar-refractivity contribution < 1.29 is 14.3 Å². The Morgan fingerprint density at radius 2 is 1.67 bits per heavy atom. The van der Waals surface area contributed by atoms with Crippen LogP contribution in [-0.2, 0) is 9.53 Å². The maximum absolute atomic E-state index is 11.9. The van der Waals surface area contributed by atoms with Gasteiger partial charge in [0.1, 0.15) is 6.61 Å². The van der Waals surface area contributed by atoms with Crippen LogP contribution in [0.5, 0.6) is 0 Å². The van der Waals surface area contributed by atoms with Gasteiger partial charge in [-0.1, -0.05) is 71.1 Å². The predicted molar refractivity (Wildman–Crippen MR) is 103 cm³/mol. The zero-order valence-electron chi connectivity index (χ0n) is 15.9. The third-order valence-electron chi connectivity index (χ3n) is 4.00. The highest BCUT2D eigenvalue weighted by Crippen LogP contribution is 2.17. The van der Waals surface area contributed by atoms with Crippen LogP contribution < -0.4 is 5.32 Å². The highest BCUT2D eigenvalue weighted by molar-refractivity contribution is 8.13. The molecule has 1 N–H and O–H groups in total. The van der Waals surface area contributed by atoms with Crippen molar-refractivity contribution in [3.8, 4) is 0 Å². The van der Waals surface area contributed by atoms with E-state index in [1.54, 1.807) is 0 Å². The Morgan fingerprint density at radius 1 is 0.958 bits per heavy atom. The predicted octanol–water partition coefficient (Wildman–Crippen LogP) is 5.55. The van der Waals surface area contributed by atoms with Crippen LogP contribution in [0.1, 0.15) is 85.0 Å². The maximum atomic E-state index is 11.9. The first-order valence-corrected chi connectivity index (χ1v) is 10.7. The summed E-state index contributed by atoms with van der Waals surface area (Å²) in [6, 6.07) is 0. The van der Waals surface area contributed by atoms with Gasteiger partial charge in [0, 0.05) is 18.7 Å². The fourth-order valence-corrected chi connectivity index (χ4v) is 3.08. The first-order chi connectivity index (χ1) is 11.6. The van der Waals surface area contributed by atoms with Crippen LogP contribution in [0.2, 0.25) is 0 Å². The van der Waals surface area contributed by atoms with Crippen molar-refractivity contribution in [2.45, 2.75) is 85.0 Å². The van der Waals surface area contributed by atoms with E-state index in [9.17, 15) is 9.59 Å². The molecule has 1 atom stereocenters. The summed E-state index contributed by atoms with van der Waals surface area (Å²) >= 11 is 1.21. The van der Waals surface area contributed by atoms with Crippen molar-refractivity contribution in [1.29, 1.82) is 0 Å². The number of hydrogen-bond donors (Lipinski definition) is 1. The van der Waals surface area contributed by atoms with Crippen molar-refractivity contribution in [3.63, 3.8) is 0 Å². The van der Waals surface area contributed by atoms with Crippen LogP contribution in [0, 0.1) is 5.92 Å². The maximum Gasteiger partial charge on any atom is 0.305 e. The molecule has 0 aromatic rings. The molecule has 0 radical (unpaired) electrons. The number of esters is 1. The molecule has 0 aliphatic heterocycles. The number of carbonyl (C=O) groups excluding carboxylic acids is 2. The average Bonchev–Trinajstić information content (AvgIpc) is 2.57. The van der Waals surface area contributed by atoms with E-state index in [2.05, 4.69) is 19.2 Å². The first kappa shape index (κ1) is 23.3. The monoisotopic (exact) mass is 359 g/mol. The Bertz CT molecular complexity index is 324. The molecule has 0 saturated carbocycles. The number of rotatable bonds is 15. The molecule has 1 amide bonds. The van der Waals surface area contributed by atoms with Crippen LogP contribution >= 0.6 is 11.8 Å². The molecule has 0 rings (SSSR count). The largest absolute Gasteiger partial charge is 0.465 e. The third-order valence-corrected chi connectivity index (χ3v) is 4.78. The number of ether oxygens (including phenoxy) is 1. The van der Waals surface area contributed by atoms with Crippen molar-refractivity contribution in [3.05, 3.63) is 0 Å². The van der Waals surface area contributed by atoms with E-state index in [4.69, 9.17) is 4.74 Å². The lowest BCUT2D eigenvalue weighted by molar-refractivity contribution is -0.143. The van der Waals surface area contributed by atoms with Gasteiger partial charge in [-0.05, 0) is 25.2 Å². The molecule has 0 spiro atoms. The SMILES string of the molecule is CCCCCCC(CCCC)CNC(=O)SCCOC(=O)CCC. The summed E-state index contributed by atoms with van der Waals surface area (Å²) in [5, 5.41) is 3.03. The van der Waals surface area contributed by atoms with Crippen LogP contribution in [-0.4, -0.2) is 30.1 Å². The number of unbranched alkanes of at least 4 members (excludes halogenated alkanes) is 4. The van der Waals surface area contributed by atoms with Crippen LogP contribution in [0.15, 0.2) is 0 Å². The van der Waals surface area contributed by atoms with Gasteiger partial charge in [0.05, 0.1) is 0 Å². The molecular weight excluding hydrogens is 322 g/mol. The van der Waals surface area contributed by atoms with Crippen LogP contribution in [0.3, 0.4) is 0 Å². The Hall–Kier alpha value is -0.710. The Balaban J connectivity index is 3.83. The van der Waals surface area contributed by atoms with Gasteiger partial charge in [-0.2, -0.15) is 0 Å². The van der Waals surface area contributed by atoms with E-state index >= 15 is 0 Å². The standard InChI is InChI=1S/C19H37NO3S/c1-4-7-9-10-13-17(12-8-5-2)16-20-19(22)24-15-14-23-18(21)11-6-3/h17H,4-16H2,1-3H3,(H,20,22). The lowest BCUT2D eigenvalue weighted by atomic mass is 9.95. The smallest absolute Gasteiger partial charge is 0.305 e. The lowest BCUT2D eigenvalue weighted by Crippen LogP contribution is -2.27. The Morgan fingerprint density at radius 3 is 2.33 bits per heavy atom. The molecule has 0 bridgehead atoms. The van der Waals surface area contributed by atoms with Gasteiger partial charge in [0.2, 0.25) is 0 Å². The van der Waals surface area contributed by atoms with Gasteiger partial charge in [-0.25, -0.2) is 0 Å². The highest BCUT2D eigenvalue weighted by atomic mass is 32.2. The molecule has 0 aromatic heterocycles. The van der Waals surface area contributed by atoms with Gasteiger partial charge in [-0.3, -0.25) is 9.59 Å². The fraction of sp³-hybridized carbons (Fsp3) is 0.895. The van der Waals surface area contributed by atoms with Gasteiger partial charge in [-0.15, -0.1) is 0 Å². The number of carbonyl (C=O) groups is 2. The molecule has 0 aromatic carbocycles. The molecule has 0 heterocycles. The number of nitrogens with one attached hydrogen (secondary N) is 1. The third kappa shape index (κ3) is 14.9. The minimum Gasteiger partial charge on any atom is -0.465 e. The summed E-state index contributed by atoms with van der Waals surface area (Å²) in [6.07, 6.45) is 11.2. The van der Waals surface area contributed by atoms with E-state index in [-0.39, 0.29) is 11.2 Å². The lowest BCUT2D eigenvalue weighted by Gasteiger charge is -2.17. The molecule has 0 fully saturated rings. The van der Waals surface area contributed by atoms with Gasteiger partial charge in [0.25, 0.3) is 5.24 Å². The Kier molecular flexibility index (Phi) is 16.6. The quantitative estimate of drug-likeness (QED) is 0.308. The summed E-state index contributed by atoms with van der Waals surface area (Å²) in [4.78, 5) is 23.1. The van der Waals surface area contributed by atoms with Crippen molar-refractivity contribution in [1.82, 2.24) is 5.32 Å². The van der Waals surface area contributed by atoms with E-state index in [1.807, 2.05) is 6.92 Å². The fourth-order valence-electron chi connectivity index (χ4n) is 2.55. The number of amides is 1. The van der Waals surface area contributed by atoms with Gasteiger partial charge in [0.15, 0.2) is 0 Å². The van der Waals surface area contributed by atoms with E-state index in [0.29, 0.717) is 24.7 Å². The summed E-state index contributed by atoms with van der Waals surface area (Å²) in [5.74, 6) is 0.941. The van der Waals surface area contributed by atoms with Crippen molar-refractivity contribution >= 4 is 23.0 Å². The summed E-state index contributed by atoms with van der Waals surface area (Å²) in [7, 11) is 0. The number of thioether (sulfide) groups is 1. The summed E-state index contributed by atoms with van der Waals surface area (Å²) in [6.45, 7) is 7.47. The minimum absolute atomic E-state index is 0.00315. The van der Waals surface area contributed by atoms with E-state index < -0.39 is 0 Å². The molecule has 0 saturated heterocycles. The summed E-state index contributed by atoms with van der Waals surface area (Å²) in [5.41, 5.74) is 0. The number of hydrogen-bond acceptors (Lipinski definition) is 4. The minimum atomic E-state index is -0.176. The topological polar surface area (TPSA) is 55.4 Å². The highest BCUT2D eigenvalue weighted by Gasteiger charge is 2.11.